The highest BCUT2D eigenvalue weighted by Crippen LogP contribution is 2.04. The van der Waals surface area contributed by atoms with Crippen LogP contribution in [0.1, 0.15) is 27.2 Å². The van der Waals surface area contributed by atoms with Crippen molar-refractivity contribution >= 4 is 0 Å². The second-order valence-corrected chi connectivity index (χ2v) is 2.75. The Morgan fingerprint density at radius 1 is 1.56 bits per heavy atom. The number of hydrogen-bond acceptors (Lipinski definition) is 2. The lowest BCUT2D eigenvalue weighted by atomic mass is 10.0. The van der Waals surface area contributed by atoms with Crippen LogP contribution in [0.15, 0.2) is 0 Å². The minimum absolute atomic E-state index is 0.121. The second kappa shape index (κ2) is 3.47. The molecular weight excluding hydrogens is 112 g/mol. The smallest absolute Gasteiger partial charge is 0.0845 e. The van der Waals surface area contributed by atoms with Crippen molar-refractivity contribution in [3.63, 3.8) is 0 Å². The molecule has 1 N–H and O–H groups in total. The Labute approximate surface area is 56.9 Å². The topological polar surface area (TPSA) is 35.8 Å². The molecule has 0 amide bonds. The zero-order valence-corrected chi connectivity index (χ0v) is 6.36. The van der Waals surface area contributed by atoms with E-state index >= 15 is 0 Å². The van der Waals surface area contributed by atoms with E-state index in [4.69, 9.17) is 5.26 Å². The van der Waals surface area contributed by atoms with Crippen molar-refractivity contribution in [1.29, 1.82) is 5.26 Å². The van der Waals surface area contributed by atoms with Gasteiger partial charge in [-0.15, -0.1) is 0 Å². The van der Waals surface area contributed by atoms with E-state index in [9.17, 15) is 0 Å². The minimum atomic E-state index is 0.121. The van der Waals surface area contributed by atoms with E-state index in [1.807, 2.05) is 6.07 Å². The molecular formula is C7H14N2. The Morgan fingerprint density at radius 2 is 2.11 bits per heavy atom. The van der Waals surface area contributed by atoms with Crippen LogP contribution in [-0.4, -0.2) is 12.1 Å². The Balaban J connectivity index is 3.48. The molecule has 0 saturated carbocycles. The largest absolute Gasteiger partial charge is 0.299 e. The maximum Gasteiger partial charge on any atom is 0.0845 e. The van der Waals surface area contributed by atoms with Gasteiger partial charge in [-0.1, -0.05) is 6.92 Å². The molecule has 0 spiro atoms. The van der Waals surface area contributed by atoms with Crippen LogP contribution in [0.3, 0.4) is 0 Å². The summed E-state index contributed by atoms with van der Waals surface area (Å²) in [5.41, 5.74) is 0.121. The van der Waals surface area contributed by atoms with Crippen LogP contribution in [0, 0.1) is 11.3 Å². The molecule has 0 aliphatic carbocycles. The first-order valence-electron chi connectivity index (χ1n) is 3.24. The Kier molecular flexibility index (Phi) is 3.26. The number of nitriles is 1. The normalized spacial score (nSPS) is 10.9. The van der Waals surface area contributed by atoms with Gasteiger partial charge >= 0.3 is 0 Å². The molecule has 0 aliphatic heterocycles. The Bertz CT molecular complexity index is 111. The quantitative estimate of drug-likeness (QED) is 0.578. The summed E-state index contributed by atoms with van der Waals surface area (Å²) in [5, 5.41) is 11.3. The van der Waals surface area contributed by atoms with Gasteiger partial charge in [0.1, 0.15) is 0 Å². The van der Waals surface area contributed by atoms with Crippen molar-refractivity contribution in [3.05, 3.63) is 0 Å². The molecule has 0 aromatic carbocycles. The average molecular weight is 126 g/mol. The van der Waals surface area contributed by atoms with E-state index < -0.39 is 0 Å². The fraction of sp³-hybridized carbons (Fsp3) is 0.857. The summed E-state index contributed by atoms with van der Waals surface area (Å²) in [5.74, 6) is 0. The predicted molar refractivity (Wildman–Crippen MR) is 38.0 cm³/mol. The Hall–Kier alpha value is -0.550. The van der Waals surface area contributed by atoms with Gasteiger partial charge in [0.15, 0.2) is 0 Å². The van der Waals surface area contributed by atoms with Crippen molar-refractivity contribution in [2.45, 2.75) is 32.7 Å². The van der Waals surface area contributed by atoms with Gasteiger partial charge in [0.2, 0.25) is 0 Å². The maximum absolute atomic E-state index is 8.21. The Morgan fingerprint density at radius 3 is 2.44 bits per heavy atom. The van der Waals surface area contributed by atoms with Gasteiger partial charge in [0, 0.05) is 5.54 Å². The summed E-state index contributed by atoms with van der Waals surface area (Å²) in [6.07, 6.45) is 1.05. The predicted octanol–water partition coefficient (Wildman–Crippen LogP) is 1.29. The van der Waals surface area contributed by atoms with E-state index in [1.165, 1.54) is 0 Å². The fourth-order valence-electron chi connectivity index (χ4n) is 0.404. The van der Waals surface area contributed by atoms with Gasteiger partial charge in [0.05, 0.1) is 12.6 Å². The summed E-state index contributed by atoms with van der Waals surface area (Å²) in [6, 6.07) is 2.05. The molecule has 9 heavy (non-hydrogen) atoms. The first-order chi connectivity index (χ1) is 4.12. The first-order valence-corrected chi connectivity index (χ1v) is 3.24. The molecule has 0 atom stereocenters. The maximum atomic E-state index is 8.21. The lowest BCUT2D eigenvalue weighted by Gasteiger charge is -2.22. The van der Waals surface area contributed by atoms with Crippen LogP contribution < -0.4 is 5.32 Å². The summed E-state index contributed by atoms with van der Waals surface area (Å²) < 4.78 is 0. The van der Waals surface area contributed by atoms with E-state index in [1.54, 1.807) is 0 Å². The van der Waals surface area contributed by atoms with E-state index in [2.05, 4.69) is 26.1 Å². The van der Waals surface area contributed by atoms with Crippen LogP contribution in [0.2, 0.25) is 0 Å². The van der Waals surface area contributed by atoms with Crippen molar-refractivity contribution < 1.29 is 0 Å². The monoisotopic (exact) mass is 126 g/mol. The fourth-order valence-corrected chi connectivity index (χ4v) is 0.404. The van der Waals surface area contributed by atoms with Crippen molar-refractivity contribution in [1.82, 2.24) is 5.32 Å². The number of nitrogens with zero attached hydrogens (tertiary/aromatic N) is 1. The van der Waals surface area contributed by atoms with Crippen molar-refractivity contribution in [2.75, 3.05) is 6.54 Å². The summed E-state index contributed by atoms with van der Waals surface area (Å²) in [4.78, 5) is 0. The van der Waals surface area contributed by atoms with Gasteiger partial charge < -0.3 is 0 Å². The minimum Gasteiger partial charge on any atom is -0.299 e. The van der Waals surface area contributed by atoms with Gasteiger partial charge in [-0.05, 0) is 20.3 Å². The highest BCUT2D eigenvalue weighted by molar-refractivity contribution is 4.82. The number of rotatable bonds is 3. The molecule has 0 unspecified atom stereocenters. The van der Waals surface area contributed by atoms with Gasteiger partial charge in [-0.3, -0.25) is 5.32 Å². The van der Waals surface area contributed by atoms with Gasteiger partial charge in [0.25, 0.3) is 0 Å². The van der Waals surface area contributed by atoms with Crippen LogP contribution >= 0.6 is 0 Å². The highest BCUT2D eigenvalue weighted by atomic mass is 14.9. The first kappa shape index (κ1) is 8.45. The van der Waals surface area contributed by atoms with Gasteiger partial charge in [-0.2, -0.15) is 5.26 Å². The van der Waals surface area contributed by atoms with Crippen LogP contribution in [0.5, 0.6) is 0 Å². The molecule has 0 radical (unpaired) electrons. The summed E-state index contributed by atoms with van der Waals surface area (Å²) in [6.45, 7) is 6.72. The molecule has 0 bridgehead atoms. The second-order valence-electron chi connectivity index (χ2n) is 2.75. The molecule has 0 aromatic rings. The van der Waals surface area contributed by atoms with Crippen LogP contribution in [-0.2, 0) is 0 Å². The molecule has 0 aromatic heterocycles. The molecule has 2 nitrogen and oxygen atoms in total. The average Bonchev–Trinajstić information content (AvgIpc) is 1.84. The van der Waals surface area contributed by atoms with Gasteiger partial charge in [-0.25, -0.2) is 0 Å². The molecule has 0 fully saturated rings. The lowest BCUT2D eigenvalue weighted by molar-refractivity contribution is 0.396. The van der Waals surface area contributed by atoms with Crippen LogP contribution in [0.25, 0.3) is 0 Å². The SMILES string of the molecule is CCC(C)(C)NCC#N. The van der Waals surface area contributed by atoms with Crippen LogP contribution in [0.4, 0.5) is 0 Å². The molecule has 0 saturated heterocycles. The summed E-state index contributed by atoms with van der Waals surface area (Å²) >= 11 is 0. The molecule has 0 aliphatic rings. The third-order valence-corrected chi connectivity index (χ3v) is 1.53. The molecule has 52 valence electrons. The third kappa shape index (κ3) is 3.99. The standard InChI is InChI=1S/C7H14N2/c1-4-7(2,3)9-6-5-8/h9H,4,6H2,1-3H3. The number of nitrogens with one attached hydrogen (secondary N) is 1. The zero-order chi connectivity index (χ0) is 7.33. The molecule has 0 rings (SSSR count). The van der Waals surface area contributed by atoms with E-state index in [0.29, 0.717) is 6.54 Å². The third-order valence-electron chi connectivity index (χ3n) is 1.53. The number of hydrogen-bond donors (Lipinski definition) is 1. The zero-order valence-electron chi connectivity index (χ0n) is 6.36. The van der Waals surface area contributed by atoms with Crippen molar-refractivity contribution in [2.24, 2.45) is 0 Å². The summed E-state index contributed by atoms with van der Waals surface area (Å²) in [7, 11) is 0. The molecule has 0 heterocycles. The lowest BCUT2D eigenvalue weighted by Crippen LogP contribution is -2.38. The highest BCUT2D eigenvalue weighted by Gasteiger charge is 2.11. The molecule has 2 heteroatoms. The van der Waals surface area contributed by atoms with E-state index in [-0.39, 0.29) is 5.54 Å². The van der Waals surface area contributed by atoms with Crippen molar-refractivity contribution in [3.8, 4) is 6.07 Å². The van der Waals surface area contributed by atoms with E-state index in [0.717, 1.165) is 6.42 Å².